The lowest BCUT2D eigenvalue weighted by Gasteiger charge is -2.11. The van der Waals surface area contributed by atoms with Gasteiger partial charge in [-0.15, -0.1) is 0 Å². The van der Waals surface area contributed by atoms with Crippen LogP contribution in [0.1, 0.15) is 23.1 Å². The summed E-state index contributed by atoms with van der Waals surface area (Å²) in [5.41, 5.74) is 6.33. The van der Waals surface area contributed by atoms with Crippen molar-refractivity contribution in [1.29, 1.82) is 0 Å². The molecule has 3 heterocycles. The molecule has 0 aliphatic heterocycles. The molecule has 0 atom stereocenters. The number of fused-ring (bicyclic) bond motifs is 4. The van der Waals surface area contributed by atoms with Crippen LogP contribution in [0.15, 0.2) is 77.7 Å². The minimum absolute atomic E-state index is 0.0162. The van der Waals surface area contributed by atoms with Crippen molar-refractivity contribution in [3.8, 4) is 5.75 Å². The quantitative estimate of drug-likeness (QED) is 0.297. The van der Waals surface area contributed by atoms with E-state index in [-0.39, 0.29) is 5.56 Å². The van der Waals surface area contributed by atoms with Gasteiger partial charge in [-0.3, -0.25) is 4.79 Å². The lowest BCUT2D eigenvalue weighted by atomic mass is 10.1. The van der Waals surface area contributed by atoms with Gasteiger partial charge in [-0.05, 0) is 61.7 Å². The van der Waals surface area contributed by atoms with Gasteiger partial charge >= 0.3 is 0 Å². The molecule has 0 unspecified atom stereocenters. The number of imidazole rings is 1. The number of aromatic nitrogens is 3. The summed E-state index contributed by atoms with van der Waals surface area (Å²) < 4.78 is 10.7. The molecule has 6 rings (SSSR count). The lowest BCUT2D eigenvalue weighted by Crippen LogP contribution is -2.22. The van der Waals surface area contributed by atoms with Crippen LogP contribution >= 0.6 is 11.3 Å². The summed E-state index contributed by atoms with van der Waals surface area (Å²) >= 11 is 1.44. The van der Waals surface area contributed by atoms with Crippen molar-refractivity contribution in [2.75, 3.05) is 6.61 Å². The van der Waals surface area contributed by atoms with Gasteiger partial charge in [0.1, 0.15) is 5.75 Å². The molecule has 3 aromatic carbocycles. The molecule has 35 heavy (non-hydrogen) atoms. The standard InChI is InChI=1S/C29H25N3O2S/c1-19-9-7-14-26(20(19)2)34-16-8-15-31-18-21(22-10-3-5-12-24(22)31)17-27-28(33)32-25-13-6-4-11-23(25)30-29(32)35-27/h3-7,9-14,17-18H,8,15-16H2,1-2H3. The van der Waals surface area contributed by atoms with E-state index in [2.05, 4.69) is 53.9 Å². The topological polar surface area (TPSA) is 48.5 Å². The Morgan fingerprint density at radius 1 is 0.971 bits per heavy atom. The third kappa shape index (κ3) is 3.80. The van der Waals surface area contributed by atoms with Crippen LogP contribution < -0.4 is 14.8 Å². The molecule has 0 N–H and O–H groups in total. The zero-order valence-electron chi connectivity index (χ0n) is 19.7. The normalized spacial score (nSPS) is 12.3. The van der Waals surface area contributed by atoms with Gasteiger partial charge in [-0.25, -0.2) is 9.38 Å². The predicted octanol–water partition coefficient (Wildman–Crippen LogP) is 5.50. The maximum atomic E-state index is 13.2. The van der Waals surface area contributed by atoms with Gasteiger partial charge in [0.15, 0.2) is 4.96 Å². The summed E-state index contributed by atoms with van der Waals surface area (Å²) in [5, 5.41) is 1.14. The number of hydrogen-bond donors (Lipinski definition) is 0. The van der Waals surface area contributed by atoms with Crippen LogP contribution in [0, 0.1) is 13.8 Å². The third-order valence-corrected chi connectivity index (χ3v) is 7.58. The SMILES string of the molecule is Cc1cccc(OCCCn2cc(C=c3sc4nc5ccccc5n4c3=O)c3ccccc32)c1C. The first-order valence-electron chi connectivity index (χ1n) is 11.8. The van der Waals surface area contributed by atoms with Crippen LogP contribution in [-0.4, -0.2) is 20.6 Å². The Morgan fingerprint density at radius 2 is 1.77 bits per heavy atom. The number of benzene rings is 3. The maximum Gasteiger partial charge on any atom is 0.274 e. The molecule has 174 valence electrons. The molecule has 5 nitrogen and oxygen atoms in total. The molecule has 6 aromatic rings. The highest BCUT2D eigenvalue weighted by atomic mass is 32.1. The molecule has 0 aliphatic carbocycles. The van der Waals surface area contributed by atoms with Crippen LogP contribution in [0.25, 0.3) is 33.0 Å². The average molecular weight is 480 g/mol. The van der Waals surface area contributed by atoms with E-state index in [4.69, 9.17) is 4.74 Å². The fourth-order valence-electron chi connectivity index (χ4n) is 4.63. The number of ether oxygens (including phenoxy) is 1. The molecule has 0 spiro atoms. The maximum absolute atomic E-state index is 13.2. The van der Waals surface area contributed by atoms with Crippen molar-refractivity contribution >= 4 is 44.3 Å². The van der Waals surface area contributed by atoms with Crippen molar-refractivity contribution in [3.63, 3.8) is 0 Å². The summed E-state index contributed by atoms with van der Waals surface area (Å²) in [4.78, 5) is 18.6. The molecular weight excluding hydrogens is 454 g/mol. The molecule has 0 radical (unpaired) electrons. The lowest BCUT2D eigenvalue weighted by molar-refractivity contribution is 0.300. The summed E-state index contributed by atoms with van der Waals surface area (Å²) in [5.74, 6) is 0.953. The second-order valence-corrected chi connectivity index (χ2v) is 9.84. The van der Waals surface area contributed by atoms with E-state index in [1.165, 1.54) is 22.5 Å². The molecule has 0 amide bonds. The molecule has 0 fully saturated rings. The minimum Gasteiger partial charge on any atom is -0.493 e. The largest absolute Gasteiger partial charge is 0.493 e. The van der Waals surface area contributed by atoms with E-state index in [1.54, 1.807) is 4.40 Å². The minimum atomic E-state index is -0.0162. The Hall–Kier alpha value is -3.90. The molecular formula is C29H25N3O2S. The Labute approximate surface area is 206 Å². The van der Waals surface area contributed by atoms with Crippen LogP contribution in [0.4, 0.5) is 0 Å². The Bertz CT molecular complexity index is 1810. The first kappa shape index (κ1) is 21.6. The summed E-state index contributed by atoms with van der Waals surface area (Å²) in [6, 6.07) is 22.3. The van der Waals surface area contributed by atoms with Crippen molar-refractivity contribution in [2.45, 2.75) is 26.8 Å². The fraction of sp³-hybridized carbons (Fsp3) is 0.172. The molecule has 0 bridgehead atoms. The van der Waals surface area contributed by atoms with E-state index >= 15 is 0 Å². The van der Waals surface area contributed by atoms with Gasteiger partial charge in [0, 0.05) is 29.2 Å². The Morgan fingerprint density at radius 3 is 2.66 bits per heavy atom. The first-order valence-corrected chi connectivity index (χ1v) is 12.6. The van der Waals surface area contributed by atoms with Crippen molar-refractivity contribution in [3.05, 3.63) is 105 Å². The molecule has 0 aliphatic rings. The summed E-state index contributed by atoms with van der Waals surface area (Å²) in [6.07, 6.45) is 5.03. The number of aryl methyl sites for hydroxylation is 2. The van der Waals surface area contributed by atoms with Crippen LogP contribution in [0.2, 0.25) is 0 Å². The highest BCUT2D eigenvalue weighted by Gasteiger charge is 2.12. The van der Waals surface area contributed by atoms with Crippen molar-refractivity contribution in [2.24, 2.45) is 0 Å². The van der Waals surface area contributed by atoms with Gasteiger partial charge in [0.2, 0.25) is 0 Å². The molecule has 6 heteroatoms. The van der Waals surface area contributed by atoms with E-state index in [9.17, 15) is 4.79 Å². The predicted molar refractivity (Wildman–Crippen MR) is 144 cm³/mol. The number of nitrogens with zero attached hydrogens (tertiary/aromatic N) is 3. The highest BCUT2D eigenvalue weighted by Crippen LogP contribution is 2.24. The van der Waals surface area contributed by atoms with Gasteiger partial charge in [0.05, 0.1) is 22.2 Å². The number of thiazole rings is 1. The Balaban J connectivity index is 1.30. The number of para-hydroxylation sites is 3. The zero-order chi connectivity index (χ0) is 23.9. The van der Waals surface area contributed by atoms with Crippen molar-refractivity contribution in [1.82, 2.24) is 14.0 Å². The second kappa shape index (κ2) is 8.71. The number of rotatable bonds is 6. The zero-order valence-corrected chi connectivity index (χ0v) is 20.5. The van der Waals surface area contributed by atoms with Gasteiger partial charge in [-0.2, -0.15) is 0 Å². The van der Waals surface area contributed by atoms with Crippen LogP contribution in [0.3, 0.4) is 0 Å². The summed E-state index contributed by atoms with van der Waals surface area (Å²) in [7, 11) is 0. The van der Waals surface area contributed by atoms with E-state index in [0.717, 1.165) is 51.2 Å². The first-order chi connectivity index (χ1) is 17.1. The second-order valence-electron chi connectivity index (χ2n) is 8.83. The van der Waals surface area contributed by atoms with E-state index < -0.39 is 0 Å². The molecule has 0 saturated carbocycles. The highest BCUT2D eigenvalue weighted by molar-refractivity contribution is 7.15. The van der Waals surface area contributed by atoms with Gasteiger partial charge in [0.25, 0.3) is 5.56 Å². The van der Waals surface area contributed by atoms with Crippen molar-refractivity contribution < 1.29 is 4.74 Å². The molecule has 3 aromatic heterocycles. The average Bonchev–Trinajstić information content (AvgIpc) is 3.50. The smallest absolute Gasteiger partial charge is 0.274 e. The van der Waals surface area contributed by atoms with Crippen LogP contribution in [0.5, 0.6) is 5.75 Å². The fourth-order valence-corrected chi connectivity index (χ4v) is 5.60. The molecule has 0 saturated heterocycles. The number of hydrogen-bond acceptors (Lipinski definition) is 4. The third-order valence-electron chi connectivity index (χ3n) is 6.61. The van der Waals surface area contributed by atoms with Gasteiger partial charge in [-0.1, -0.05) is 53.8 Å². The van der Waals surface area contributed by atoms with Crippen LogP contribution in [-0.2, 0) is 6.54 Å². The van der Waals surface area contributed by atoms with E-state index in [1.807, 2.05) is 48.5 Å². The monoisotopic (exact) mass is 479 g/mol. The van der Waals surface area contributed by atoms with E-state index in [0.29, 0.717) is 11.1 Å². The summed E-state index contributed by atoms with van der Waals surface area (Å²) in [6.45, 7) is 5.69. The van der Waals surface area contributed by atoms with Gasteiger partial charge < -0.3 is 9.30 Å². The Kier molecular flexibility index (Phi) is 5.38.